The van der Waals surface area contributed by atoms with Gasteiger partial charge in [0.25, 0.3) is 5.91 Å². The van der Waals surface area contributed by atoms with Crippen molar-refractivity contribution in [3.05, 3.63) is 78.0 Å². The number of nitrogens with one attached hydrogen (secondary N) is 1. The molecule has 2 aromatic carbocycles. The van der Waals surface area contributed by atoms with E-state index in [-0.39, 0.29) is 24.2 Å². The van der Waals surface area contributed by atoms with Crippen LogP contribution >= 0.6 is 0 Å². The Hall–Kier alpha value is -3.55. The summed E-state index contributed by atoms with van der Waals surface area (Å²) in [5, 5.41) is 6.94. The first-order valence-corrected chi connectivity index (χ1v) is 8.84. The van der Waals surface area contributed by atoms with Gasteiger partial charge in [-0.25, -0.2) is 14.4 Å². The fourth-order valence-electron chi connectivity index (χ4n) is 2.95. The van der Waals surface area contributed by atoms with E-state index in [1.807, 2.05) is 6.92 Å². The molecule has 0 fully saturated rings. The van der Waals surface area contributed by atoms with Gasteiger partial charge >= 0.3 is 0 Å². The lowest BCUT2D eigenvalue weighted by Crippen LogP contribution is -2.35. The first-order valence-electron chi connectivity index (χ1n) is 8.84. The Morgan fingerprint density at radius 3 is 2.93 bits per heavy atom. The van der Waals surface area contributed by atoms with E-state index in [0.717, 1.165) is 0 Å². The number of oxazole rings is 1. The van der Waals surface area contributed by atoms with E-state index < -0.39 is 0 Å². The van der Waals surface area contributed by atoms with Crippen LogP contribution in [0.2, 0.25) is 0 Å². The van der Waals surface area contributed by atoms with Crippen LogP contribution in [-0.4, -0.2) is 31.7 Å². The van der Waals surface area contributed by atoms with Crippen molar-refractivity contribution in [1.29, 1.82) is 0 Å². The van der Waals surface area contributed by atoms with Crippen LogP contribution in [0.25, 0.3) is 11.1 Å². The average Bonchev–Trinajstić information content (AvgIpc) is 3.31. The zero-order valence-electron chi connectivity index (χ0n) is 15.2. The smallest absolute Gasteiger partial charge is 0.251 e. The molecule has 1 N–H and O–H groups in total. The van der Waals surface area contributed by atoms with Gasteiger partial charge in [-0.05, 0) is 36.8 Å². The Labute approximate surface area is 160 Å². The number of amides is 1. The van der Waals surface area contributed by atoms with Crippen molar-refractivity contribution in [2.24, 2.45) is 0 Å². The summed E-state index contributed by atoms with van der Waals surface area (Å²) < 4.78 is 21.2. The van der Waals surface area contributed by atoms with Crippen LogP contribution in [0.4, 0.5) is 4.39 Å². The van der Waals surface area contributed by atoms with Crippen LogP contribution in [0.5, 0.6) is 0 Å². The summed E-state index contributed by atoms with van der Waals surface area (Å²) in [7, 11) is 0. The third-order valence-corrected chi connectivity index (χ3v) is 4.30. The highest BCUT2D eigenvalue weighted by molar-refractivity contribution is 5.97. The molecule has 2 aromatic heterocycles. The fraction of sp³-hybridized carbons (Fsp3) is 0.200. The van der Waals surface area contributed by atoms with Crippen LogP contribution in [0.1, 0.15) is 28.7 Å². The number of benzene rings is 2. The van der Waals surface area contributed by atoms with E-state index in [1.165, 1.54) is 12.4 Å². The van der Waals surface area contributed by atoms with Crippen molar-refractivity contribution in [2.45, 2.75) is 25.9 Å². The number of hydrogen-bond acceptors (Lipinski definition) is 5. The van der Waals surface area contributed by atoms with Gasteiger partial charge in [0.15, 0.2) is 11.5 Å². The summed E-state index contributed by atoms with van der Waals surface area (Å²) in [6, 6.07) is 11.4. The SMILES string of the molecule is C[C@H](Cn1cncn1)NC(=O)c1ccc2nc(Cc3ccccc3F)oc2c1. The van der Waals surface area contributed by atoms with E-state index in [2.05, 4.69) is 20.4 Å². The van der Waals surface area contributed by atoms with Gasteiger partial charge in [-0.2, -0.15) is 5.10 Å². The number of carbonyl (C=O) groups excluding carboxylic acids is 1. The Morgan fingerprint density at radius 2 is 2.14 bits per heavy atom. The van der Waals surface area contributed by atoms with Gasteiger partial charge in [-0.15, -0.1) is 0 Å². The Kier molecular flexibility index (Phi) is 4.84. The topological polar surface area (TPSA) is 85.8 Å². The molecule has 0 saturated carbocycles. The molecule has 142 valence electrons. The van der Waals surface area contributed by atoms with E-state index in [1.54, 1.807) is 47.4 Å². The highest BCUT2D eigenvalue weighted by Gasteiger charge is 2.14. The van der Waals surface area contributed by atoms with E-state index in [9.17, 15) is 9.18 Å². The molecule has 1 amide bonds. The molecule has 28 heavy (non-hydrogen) atoms. The van der Waals surface area contributed by atoms with Crippen LogP contribution in [0.3, 0.4) is 0 Å². The van der Waals surface area contributed by atoms with Gasteiger partial charge in [0.1, 0.15) is 24.0 Å². The second-order valence-electron chi connectivity index (χ2n) is 6.55. The number of rotatable bonds is 6. The molecule has 0 bridgehead atoms. The van der Waals surface area contributed by atoms with Gasteiger partial charge < -0.3 is 9.73 Å². The Bertz CT molecular complexity index is 1110. The van der Waals surface area contributed by atoms with Crippen molar-refractivity contribution in [3.8, 4) is 0 Å². The lowest BCUT2D eigenvalue weighted by molar-refractivity contribution is 0.0936. The lowest BCUT2D eigenvalue weighted by Gasteiger charge is -2.13. The van der Waals surface area contributed by atoms with Crippen LogP contribution in [-0.2, 0) is 13.0 Å². The lowest BCUT2D eigenvalue weighted by atomic mass is 10.1. The molecule has 1 atom stereocenters. The number of aromatic nitrogens is 4. The molecule has 0 aliphatic rings. The van der Waals surface area contributed by atoms with Gasteiger partial charge in [-0.1, -0.05) is 18.2 Å². The standard InChI is InChI=1S/C20H18FN5O2/c1-13(10-26-12-22-11-23-26)24-20(27)15-6-7-17-18(8-15)28-19(25-17)9-14-4-2-3-5-16(14)21/h2-8,11-13H,9-10H2,1H3,(H,24,27)/t13-/m1/s1. The van der Waals surface area contributed by atoms with Crippen molar-refractivity contribution < 1.29 is 13.6 Å². The van der Waals surface area contributed by atoms with Crippen molar-refractivity contribution in [1.82, 2.24) is 25.1 Å². The third kappa shape index (κ3) is 3.90. The van der Waals surface area contributed by atoms with E-state index in [0.29, 0.717) is 34.7 Å². The predicted molar refractivity (Wildman–Crippen MR) is 100 cm³/mol. The van der Waals surface area contributed by atoms with Crippen molar-refractivity contribution >= 4 is 17.0 Å². The summed E-state index contributed by atoms with van der Waals surface area (Å²) in [6.45, 7) is 2.40. The third-order valence-electron chi connectivity index (χ3n) is 4.30. The van der Waals surface area contributed by atoms with Crippen LogP contribution in [0.15, 0.2) is 59.5 Å². The summed E-state index contributed by atoms with van der Waals surface area (Å²) in [5.41, 5.74) is 2.09. The van der Waals surface area contributed by atoms with Crippen molar-refractivity contribution in [3.63, 3.8) is 0 Å². The molecule has 0 aliphatic heterocycles. The van der Waals surface area contributed by atoms with Gasteiger partial charge in [0.2, 0.25) is 0 Å². The minimum Gasteiger partial charge on any atom is -0.440 e. The highest BCUT2D eigenvalue weighted by Crippen LogP contribution is 2.20. The molecule has 0 spiro atoms. The summed E-state index contributed by atoms with van der Waals surface area (Å²) in [5.74, 6) is -0.120. The zero-order chi connectivity index (χ0) is 19.5. The monoisotopic (exact) mass is 379 g/mol. The average molecular weight is 379 g/mol. The van der Waals surface area contributed by atoms with Gasteiger partial charge in [-0.3, -0.25) is 9.48 Å². The molecule has 7 nitrogen and oxygen atoms in total. The van der Waals surface area contributed by atoms with E-state index >= 15 is 0 Å². The normalized spacial score (nSPS) is 12.2. The van der Waals surface area contributed by atoms with Crippen LogP contribution in [0, 0.1) is 5.82 Å². The highest BCUT2D eigenvalue weighted by atomic mass is 19.1. The zero-order valence-corrected chi connectivity index (χ0v) is 15.2. The Balaban J connectivity index is 1.48. The molecule has 0 saturated heterocycles. The minimum atomic E-state index is -0.300. The van der Waals surface area contributed by atoms with Gasteiger partial charge in [0.05, 0.1) is 13.0 Å². The first-order chi connectivity index (χ1) is 13.6. The quantitative estimate of drug-likeness (QED) is 0.557. The van der Waals surface area contributed by atoms with Crippen LogP contribution < -0.4 is 5.32 Å². The maximum atomic E-state index is 13.8. The molecule has 8 heteroatoms. The molecule has 0 unspecified atom stereocenters. The maximum absolute atomic E-state index is 13.8. The van der Waals surface area contributed by atoms with Crippen molar-refractivity contribution in [2.75, 3.05) is 0 Å². The summed E-state index contributed by atoms with van der Waals surface area (Å²) in [4.78, 5) is 20.8. The molecular weight excluding hydrogens is 361 g/mol. The second-order valence-corrected chi connectivity index (χ2v) is 6.55. The first kappa shape index (κ1) is 17.8. The minimum absolute atomic E-state index is 0.128. The predicted octanol–water partition coefficient (Wildman–Crippen LogP) is 2.97. The summed E-state index contributed by atoms with van der Waals surface area (Å²) in [6.07, 6.45) is 3.30. The maximum Gasteiger partial charge on any atom is 0.251 e. The largest absolute Gasteiger partial charge is 0.440 e. The number of fused-ring (bicyclic) bond motifs is 1. The second kappa shape index (κ2) is 7.59. The molecule has 2 heterocycles. The fourth-order valence-corrected chi connectivity index (χ4v) is 2.95. The number of carbonyl (C=O) groups is 1. The molecule has 4 rings (SSSR count). The molecule has 0 radical (unpaired) electrons. The number of hydrogen-bond donors (Lipinski definition) is 1. The Morgan fingerprint density at radius 1 is 1.29 bits per heavy atom. The molecule has 0 aliphatic carbocycles. The molecule has 4 aromatic rings. The number of nitrogens with zero attached hydrogens (tertiary/aromatic N) is 4. The number of halogens is 1. The molecular formula is C20H18FN5O2. The van der Waals surface area contributed by atoms with E-state index in [4.69, 9.17) is 4.42 Å². The van der Waals surface area contributed by atoms with Gasteiger partial charge in [0, 0.05) is 11.6 Å². The summed E-state index contributed by atoms with van der Waals surface area (Å²) >= 11 is 0.